The number of rotatable bonds is 8. The molecular formula is C24H31N3O3. The third-order valence-corrected chi connectivity index (χ3v) is 5.51. The zero-order valence-electron chi connectivity index (χ0n) is 17.8. The third-order valence-electron chi connectivity index (χ3n) is 5.51. The smallest absolute Gasteiger partial charge is 0.253 e. The highest BCUT2D eigenvalue weighted by atomic mass is 16.5. The van der Waals surface area contributed by atoms with Crippen LogP contribution in [-0.4, -0.2) is 50.1 Å². The maximum absolute atomic E-state index is 12.8. The van der Waals surface area contributed by atoms with E-state index in [-0.39, 0.29) is 17.7 Å². The number of likely N-dealkylation sites (tertiary alicyclic amines) is 1. The molecule has 2 aromatic rings. The summed E-state index contributed by atoms with van der Waals surface area (Å²) >= 11 is 0. The molecule has 2 aromatic carbocycles. The van der Waals surface area contributed by atoms with Gasteiger partial charge < -0.3 is 15.4 Å². The van der Waals surface area contributed by atoms with Gasteiger partial charge in [-0.2, -0.15) is 0 Å². The van der Waals surface area contributed by atoms with Gasteiger partial charge >= 0.3 is 0 Å². The molecule has 30 heavy (non-hydrogen) atoms. The van der Waals surface area contributed by atoms with Crippen LogP contribution in [0.5, 0.6) is 0 Å². The Morgan fingerprint density at radius 2 is 1.77 bits per heavy atom. The van der Waals surface area contributed by atoms with E-state index in [1.165, 1.54) is 11.1 Å². The van der Waals surface area contributed by atoms with E-state index in [2.05, 4.69) is 46.7 Å². The number of methoxy groups -OCH3 is 1. The number of hydrogen-bond acceptors (Lipinski definition) is 4. The van der Waals surface area contributed by atoms with Crippen molar-refractivity contribution in [2.45, 2.75) is 26.3 Å². The first kappa shape index (κ1) is 22.0. The fourth-order valence-corrected chi connectivity index (χ4v) is 3.69. The Bertz CT molecular complexity index is 843. The van der Waals surface area contributed by atoms with Crippen LogP contribution in [0.1, 0.15) is 34.3 Å². The van der Waals surface area contributed by atoms with Gasteiger partial charge in [0.05, 0.1) is 17.9 Å². The zero-order valence-corrected chi connectivity index (χ0v) is 17.8. The van der Waals surface area contributed by atoms with Gasteiger partial charge in [-0.1, -0.05) is 42.0 Å². The molecule has 0 radical (unpaired) electrons. The van der Waals surface area contributed by atoms with Gasteiger partial charge in [-0.15, -0.1) is 0 Å². The summed E-state index contributed by atoms with van der Waals surface area (Å²) in [7, 11) is 1.59. The summed E-state index contributed by atoms with van der Waals surface area (Å²) in [6.45, 7) is 5.67. The van der Waals surface area contributed by atoms with Gasteiger partial charge in [0.15, 0.2) is 0 Å². The Balaban J connectivity index is 1.52. The van der Waals surface area contributed by atoms with E-state index in [0.29, 0.717) is 24.4 Å². The summed E-state index contributed by atoms with van der Waals surface area (Å²) in [6, 6.07) is 15.7. The van der Waals surface area contributed by atoms with Crippen LogP contribution in [0.4, 0.5) is 5.69 Å². The van der Waals surface area contributed by atoms with Crippen molar-refractivity contribution < 1.29 is 14.3 Å². The van der Waals surface area contributed by atoms with Crippen LogP contribution < -0.4 is 10.6 Å². The van der Waals surface area contributed by atoms with Gasteiger partial charge in [-0.05, 0) is 50.6 Å². The van der Waals surface area contributed by atoms with Crippen LogP contribution >= 0.6 is 0 Å². The quantitative estimate of drug-likeness (QED) is 0.657. The fraction of sp³-hybridized carbons (Fsp3) is 0.417. The second-order valence-electron chi connectivity index (χ2n) is 7.82. The third kappa shape index (κ3) is 6.15. The van der Waals surface area contributed by atoms with E-state index < -0.39 is 0 Å². The Kier molecular flexibility index (Phi) is 7.99. The minimum Gasteiger partial charge on any atom is -0.383 e. The molecule has 6 nitrogen and oxygen atoms in total. The summed E-state index contributed by atoms with van der Waals surface area (Å²) in [4.78, 5) is 27.6. The average molecular weight is 410 g/mol. The average Bonchev–Trinajstić information content (AvgIpc) is 2.76. The van der Waals surface area contributed by atoms with Crippen molar-refractivity contribution >= 4 is 17.5 Å². The lowest BCUT2D eigenvalue weighted by molar-refractivity contribution is -0.121. The molecule has 1 saturated heterocycles. The summed E-state index contributed by atoms with van der Waals surface area (Å²) in [5, 5.41) is 5.78. The van der Waals surface area contributed by atoms with Crippen molar-refractivity contribution in [1.82, 2.24) is 10.2 Å². The summed E-state index contributed by atoms with van der Waals surface area (Å²) in [5.74, 6) is -0.262. The van der Waals surface area contributed by atoms with E-state index >= 15 is 0 Å². The Hall–Kier alpha value is -2.70. The van der Waals surface area contributed by atoms with Crippen LogP contribution in [0.25, 0.3) is 0 Å². The van der Waals surface area contributed by atoms with E-state index in [0.717, 1.165) is 32.5 Å². The lowest BCUT2D eigenvalue weighted by Crippen LogP contribution is -2.38. The number of para-hydroxylation sites is 1. The standard InChI is InChI=1S/C24H31N3O3/c1-18-7-9-19(10-8-18)17-27-14-11-20(12-15-27)23(28)26-22-6-4-3-5-21(22)24(29)25-13-16-30-2/h3-10,20H,11-17H2,1-2H3,(H,25,29)(H,26,28). The lowest BCUT2D eigenvalue weighted by atomic mass is 9.95. The number of amides is 2. The molecule has 1 fully saturated rings. The molecule has 3 rings (SSSR count). The Morgan fingerprint density at radius 3 is 2.47 bits per heavy atom. The van der Waals surface area contributed by atoms with Crippen molar-refractivity contribution in [3.8, 4) is 0 Å². The maximum Gasteiger partial charge on any atom is 0.253 e. The molecule has 1 aliphatic rings. The topological polar surface area (TPSA) is 70.7 Å². The highest BCUT2D eigenvalue weighted by Gasteiger charge is 2.26. The van der Waals surface area contributed by atoms with Crippen molar-refractivity contribution in [3.05, 3.63) is 65.2 Å². The van der Waals surface area contributed by atoms with Crippen molar-refractivity contribution in [2.24, 2.45) is 5.92 Å². The number of nitrogens with one attached hydrogen (secondary N) is 2. The highest BCUT2D eigenvalue weighted by Crippen LogP contribution is 2.22. The minimum atomic E-state index is -0.212. The van der Waals surface area contributed by atoms with Crippen LogP contribution in [0.15, 0.2) is 48.5 Å². The molecule has 6 heteroatoms. The molecule has 1 aliphatic heterocycles. The number of aryl methyl sites for hydroxylation is 1. The van der Waals surface area contributed by atoms with Crippen molar-refractivity contribution in [3.63, 3.8) is 0 Å². The van der Waals surface area contributed by atoms with E-state index in [9.17, 15) is 9.59 Å². The first-order chi connectivity index (χ1) is 14.6. The van der Waals surface area contributed by atoms with E-state index in [4.69, 9.17) is 4.74 Å². The number of anilines is 1. The first-order valence-electron chi connectivity index (χ1n) is 10.5. The molecular weight excluding hydrogens is 378 g/mol. The number of hydrogen-bond donors (Lipinski definition) is 2. The Labute approximate surface area is 178 Å². The number of carbonyl (C=O) groups is 2. The van der Waals surface area contributed by atoms with Crippen molar-refractivity contribution in [2.75, 3.05) is 38.7 Å². The van der Waals surface area contributed by atoms with Crippen LogP contribution in [0, 0.1) is 12.8 Å². The minimum absolute atomic E-state index is 0.0119. The number of carbonyl (C=O) groups excluding carboxylic acids is 2. The number of piperidine rings is 1. The predicted octanol–water partition coefficient (Wildman–Crippen LogP) is 3.22. The van der Waals surface area contributed by atoms with Gasteiger partial charge in [-0.25, -0.2) is 0 Å². The molecule has 2 amide bonds. The molecule has 0 aromatic heterocycles. The molecule has 0 unspecified atom stereocenters. The molecule has 0 aliphatic carbocycles. The normalized spacial score (nSPS) is 15.0. The SMILES string of the molecule is COCCNC(=O)c1ccccc1NC(=O)C1CCN(Cc2ccc(C)cc2)CC1. The predicted molar refractivity (Wildman–Crippen MR) is 118 cm³/mol. The summed E-state index contributed by atoms with van der Waals surface area (Å²) < 4.78 is 4.97. The number of nitrogens with zero attached hydrogens (tertiary/aromatic N) is 1. The van der Waals surface area contributed by atoms with Crippen LogP contribution in [-0.2, 0) is 16.1 Å². The number of ether oxygens (including phenoxy) is 1. The van der Waals surface area contributed by atoms with E-state index in [1.54, 1.807) is 25.3 Å². The molecule has 0 spiro atoms. The molecule has 0 saturated carbocycles. The molecule has 160 valence electrons. The monoisotopic (exact) mass is 409 g/mol. The Morgan fingerprint density at radius 1 is 1.07 bits per heavy atom. The first-order valence-corrected chi connectivity index (χ1v) is 10.5. The van der Waals surface area contributed by atoms with Gasteiger partial charge in [-0.3, -0.25) is 14.5 Å². The second-order valence-corrected chi connectivity index (χ2v) is 7.82. The lowest BCUT2D eigenvalue weighted by Gasteiger charge is -2.31. The van der Waals surface area contributed by atoms with Gasteiger partial charge in [0, 0.05) is 26.1 Å². The van der Waals surface area contributed by atoms with E-state index in [1.807, 2.05) is 6.07 Å². The van der Waals surface area contributed by atoms with Gasteiger partial charge in [0.2, 0.25) is 5.91 Å². The highest BCUT2D eigenvalue weighted by molar-refractivity contribution is 6.04. The molecule has 0 atom stereocenters. The molecule has 1 heterocycles. The van der Waals surface area contributed by atoms with Crippen LogP contribution in [0.2, 0.25) is 0 Å². The zero-order chi connectivity index (χ0) is 21.3. The van der Waals surface area contributed by atoms with Gasteiger partial charge in [0.25, 0.3) is 5.91 Å². The summed E-state index contributed by atoms with van der Waals surface area (Å²) in [6.07, 6.45) is 1.64. The van der Waals surface area contributed by atoms with Crippen molar-refractivity contribution in [1.29, 1.82) is 0 Å². The van der Waals surface area contributed by atoms with Crippen LogP contribution in [0.3, 0.4) is 0 Å². The molecule has 0 bridgehead atoms. The summed E-state index contributed by atoms with van der Waals surface area (Å²) in [5.41, 5.74) is 3.59. The second kappa shape index (κ2) is 10.9. The maximum atomic E-state index is 12.8. The number of benzene rings is 2. The molecule has 2 N–H and O–H groups in total. The fourth-order valence-electron chi connectivity index (χ4n) is 3.69. The van der Waals surface area contributed by atoms with Gasteiger partial charge in [0.1, 0.15) is 0 Å². The largest absolute Gasteiger partial charge is 0.383 e.